The molecule has 0 fully saturated rings. The topological polar surface area (TPSA) is 87.4 Å². The summed E-state index contributed by atoms with van der Waals surface area (Å²) in [6.45, 7) is 5.32. The summed E-state index contributed by atoms with van der Waals surface area (Å²) in [4.78, 5) is 11.7. The van der Waals surface area contributed by atoms with E-state index in [9.17, 15) is 4.79 Å². The third-order valence-corrected chi connectivity index (χ3v) is 2.79. The standard InChI is InChI=1S/C12H21N3O3/c1-9-6-10(2)15(14-9)5-4-11(18)13-12(3,7-16)8-17/h6,16-17H,4-5,7-8H2,1-3H3,(H,13,18). The molecule has 0 radical (unpaired) electrons. The third kappa shape index (κ3) is 3.82. The zero-order valence-electron chi connectivity index (χ0n) is 11.1. The van der Waals surface area contributed by atoms with Gasteiger partial charge in [-0.3, -0.25) is 9.48 Å². The van der Waals surface area contributed by atoms with Crippen LogP contribution in [0.5, 0.6) is 0 Å². The zero-order valence-corrected chi connectivity index (χ0v) is 11.1. The number of aliphatic hydroxyl groups is 2. The van der Waals surface area contributed by atoms with Crippen molar-refractivity contribution in [1.29, 1.82) is 0 Å². The molecule has 0 bridgehead atoms. The molecular weight excluding hydrogens is 234 g/mol. The van der Waals surface area contributed by atoms with E-state index in [0.717, 1.165) is 11.4 Å². The lowest BCUT2D eigenvalue weighted by Gasteiger charge is -2.26. The molecule has 6 heteroatoms. The molecule has 1 amide bonds. The molecule has 0 atom stereocenters. The van der Waals surface area contributed by atoms with Gasteiger partial charge in [0.05, 0.1) is 24.4 Å². The van der Waals surface area contributed by atoms with Crippen LogP contribution in [0, 0.1) is 13.8 Å². The monoisotopic (exact) mass is 255 g/mol. The van der Waals surface area contributed by atoms with Crippen molar-refractivity contribution in [2.45, 2.75) is 39.3 Å². The molecule has 1 aromatic heterocycles. The number of aryl methyl sites for hydroxylation is 3. The molecule has 0 aliphatic rings. The van der Waals surface area contributed by atoms with Gasteiger partial charge >= 0.3 is 0 Å². The first-order valence-corrected chi connectivity index (χ1v) is 5.94. The first-order valence-electron chi connectivity index (χ1n) is 5.94. The van der Waals surface area contributed by atoms with Crippen LogP contribution in [-0.2, 0) is 11.3 Å². The Morgan fingerprint density at radius 3 is 2.50 bits per heavy atom. The Balaban J connectivity index is 2.49. The number of aromatic nitrogens is 2. The second kappa shape index (κ2) is 5.97. The lowest BCUT2D eigenvalue weighted by molar-refractivity contribution is -0.124. The molecule has 1 aromatic rings. The van der Waals surface area contributed by atoms with Crippen LogP contribution in [0.2, 0.25) is 0 Å². The van der Waals surface area contributed by atoms with Crippen molar-refractivity contribution in [1.82, 2.24) is 15.1 Å². The van der Waals surface area contributed by atoms with Gasteiger partial charge in [-0.05, 0) is 26.8 Å². The van der Waals surface area contributed by atoms with E-state index in [0.29, 0.717) is 6.54 Å². The quantitative estimate of drug-likeness (QED) is 0.654. The predicted octanol–water partition coefficient (Wildman–Crippen LogP) is -0.250. The van der Waals surface area contributed by atoms with E-state index in [1.54, 1.807) is 11.6 Å². The summed E-state index contributed by atoms with van der Waals surface area (Å²) in [5, 5.41) is 25.0. The van der Waals surface area contributed by atoms with Gasteiger partial charge in [-0.1, -0.05) is 0 Å². The van der Waals surface area contributed by atoms with Gasteiger partial charge in [0.2, 0.25) is 5.91 Å². The number of rotatable bonds is 6. The summed E-state index contributed by atoms with van der Waals surface area (Å²) < 4.78 is 1.77. The number of hydrogen-bond acceptors (Lipinski definition) is 4. The van der Waals surface area contributed by atoms with E-state index in [2.05, 4.69) is 10.4 Å². The van der Waals surface area contributed by atoms with Crippen molar-refractivity contribution in [3.05, 3.63) is 17.5 Å². The second-order valence-electron chi connectivity index (χ2n) is 4.83. The molecule has 0 saturated heterocycles. The van der Waals surface area contributed by atoms with Crippen LogP contribution < -0.4 is 5.32 Å². The Kier molecular flexibility index (Phi) is 4.86. The van der Waals surface area contributed by atoms with Gasteiger partial charge in [-0.2, -0.15) is 5.10 Å². The Labute approximate surface area is 107 Å². The highest BCUT2D eigenvalue weighted by molar-refractivity contribution is 5.76. The summed E-state index contributed by atoms with van der Waals surface area (Å²) in [5.74, 6) is -0.215. The highest BCUT2D eigenvalue weighted by Gasteiger charge is 2.24. The van der Waals surface area contributed by atoms with Gasteiger partial charge in [0.1, 0.15) is 0 Å². The van der Waals surface area contributed by atoms with E-state index in [1.807, 2.05) is 19.9 Å². The Bertz CT molecular complexity index is 411. The molecule has 0 saturated carbocycles. The van der Waals surface area contributed by atoms with E-state index in [4.69, 9.17) is 10.2 Å². The number of carbonyl (C=O) groups is 1. The molecule has 18 heavy (non-hydrogen) atoms. The van der Waals surface area contributed by atoms with Crippen molar-refractivity contribution in [2.24, 2.45) is 0 Å². The Hall–Kier alpha value is -1.40. The predicted molar refractivity (Wildman–Crippen MR) is 67.0 cm³/mol. The van der Waals surface area contributed by atoms with Crippen molar-refractivity contribution in [3.63, 3.8) is 0 Å². The van der Waals surface area contributed by atoms with Crippen molar-refractivity contribution in [3.8, 4) is 0 Å². The summed E-state index contributed by atoms with van der Waals surface area (Å²) in [7, 11) is 0. The number of carbonyl (C=O) groups excluding carboxylic acids is 1. The maximum atomic E-state index is 11.7. The lowest BCUT2D eigenvalue weighted by Crippen LogP contribution is -2.51. The molecule has 0 aromatic carbocycles. The first kappa shape index (κ1) is 14.7. The Morgan fingerprint density at radius 2 is 2.06 bits per heavy atom. The molecule has 1 rings (SSSR count). The summed E-state index contributed by atoms with van der Waals surface area (Å²) in [6, 6.07) is 1.95. The van der Waals surface area contributed by atoms with Gasteiger partial charge in [-0.25, -0.2) is 0 Å². The van der Waals surface area contributed by atoms with Gasteiger partial charge in [-0.15, -0.1) is 0 Å². The maximum Gasteiger partial charge on any atom is 0.222 e. The van der Waals surface area contributed by atoms with Crippen LogP contribution in [0.4, 0.5) is 0 Å². The van der Waals surface area contributed by atoms with Crippen LogP contribution in [0.15, 0.2) is 6.07 Å². The van der Waals surface area contributed by atoms with E-state index < -0.39 is 5.54 Å². The van der Waals surface area contributed by atoms with Crippen LogP contribution >= 0.6 is 0 Å². The van der Waals surface area contributed by atoms with Crippen molar-refractivity contribution < 1.29 is 15.0 Å². The number of nitrogens with zero attached hydrogens (tertiary/aromatic N) is 2. The molecule has 0 spiro atoms. The minimum absolute atomic E-state index is 0.215. The van der Waals surface area contributed by atoms with Crippen molar-refractivity contribution in [2.75, 3.05) is 13.2 Å². The van der Waals surface area contributed by atoms with Crippen LogP contribution in [0.25, 0.3) is 0 Å². The summed E-state index contributed by atoms with van der Waals surface area (Å²) >= 11 is 0. The number of aliphatic hydroxyl groups excluding tert-OH is 2. The van der Waals surface area contributed by atoms with Gasteiger partial charge < -0.3 is 15.5 Å². The van der Waals surface area contributed by atoms with Crippen LogP contribution in [-0.4, -0.2) is 44.7 Å². The largest absolute Gasteiger partial charge is 0.394 e. The van der Waals surface area contributed by atoms with Crippen molar-refractivity contribution >= 4 is 5.91 Å². The fourth-order valence-corrected chi connectivity index (χ4v) is 1.64. The molecule has 0 aliphatic carbocycles. The fourth-order valence-electron chi connectivity index (χ4n) is 1.64. The minimum atomic E-state index is -0.966. The SMILES string of the molecule is Cc1cc(C)n(CCC(=O)NC(C)(CO)CO)n1. The first-order chi connectivity index (χ1) is 8.40. The highest BCUT2D eigenvalue weighted by atomic mass is 16.3. The normalized spacial score (nSPS) is 11.6. The summed E-state index contributed by atoms with van der Waals surface area (Å²) in [5.41, 5.74) is 0.961. The molecular formula is C12H21N3O3. The van der Waals surface area contributed by atoms with E-state index in [-0.39, 0.29) is 25.5 Å². The highest BCUT2D eigenvalue weighted by Crippen LogP contribution is 2.04. The maximum absolute atomic E-state index is 11.7. The zero-order chi connectivity index (χ0) is 13.8. The summed E-state index contributed by atoms with van der Waals surface area (Å²) in [6.07, 6.45) is 0.261. The molecule has 6 nitrogen and oxygen atoms in total. The number of nitrogens with one attached hydrogen (secondary N) is 1. The van der Waals surface area contributed by atoms with Gasteiger partial charge in [0.15, 0.2) is 0 Å². The average molecular weight is 255 g/mol. The van der Waals surface area contributed by atoms with Crippen LogP contribution in [0.1, 0.15) is 24.7 Å². The van der Waals surface area contributed by atoms with Crippen LogP contribution in [0.3, 0.4) is 0 Å². The molecule has 0 aliphatic heterocycles. The van der Waals surface area contributed by atoms with E-state index in [1.165, 1.54) is 0 Å². The molecule has 1 heterocycles. The van der Waals surface area contributed by atoms with Gasteiger partial charge in [0, 0.05) is 18.7 Å². The number of hydrogen-bond donors (Lipinski definition) is 3. The number of amides is 1. The molecule has 3 N–H and O–H groups in total. The van der Waals surface area contributed by atoms with Gasteiger partial charge in [0.25, 0.3) is 0 Å². The lowest BCUT2D eigenvalue weighted by atomic mass is 10.1. The van der Waals surface area contributed by atoms with E-state index >= 15 is 0 Å². The Morgan fingerprint density at radius 1 is 1.44 bits per heavy atom. The molecule has 0 unspecified atom stereocenters. The minimum Gasteiger partial charge on any atom is -0.394 e. The second-order valence-corrected chi connectivity index (χ2v) is 4.83. The molecule has 102 valence electrons. The average Bonchev–Trinajstić information content (AvgIpc) is 2.65. The fraction of sp³-hybridized carbons (Fsp3) is 0.667. The smallest absolute Gasteiger partial charge is 0.222 e. The third-order valence-electron chi connectivity index (χ3n) is 2.79.